The summed E-state index contributed by atoms with van der Waals surface area (Å²) in [5, 5.41) is 2.84. The van der Waals surface area contributed by atoms with Gasteiger partial charge in [-0.05, 0) is 81.1 Å². The van der Waals surface area contributed by atoms with Gasteiger partial charge in [-0.3, -0.25) is 4.79 Å². The topological polar surface area (TPSA) is 47.6 Å². The molecule has 134 valence electrons. The fraction of sp³-hybridized carbons (Fsp3) is 0.381. The molecule has 0 fully saturated rings. The number of aryl methyl sites for hydroxylation is 4. The van der Waals surface area contributed by atoms with E-state index in [0.29, 0.717) is 18.9 Å². The van der Waals surface area contributed by atoms with Crippen molar-refractivity contribution in [3.63, 3.8) is 0 Å². The fourth-order valence-corrected chi connectivity index (χ4v) is 2.34. The molecular weight excluding hydrogens is 314 g/mol. The van der Waals surface area contributed by atoms with Crippen LogP contribution in [-0.4, -0.2) is 25.2 Å². The summed E-state index contributed by atoms with van der Waals surface area (Å²) >= 11 is 0. The average molecular weight is 341 g/mol. The van der Waals surface area contributed by atoms with Gasteiger partial charge in [0.25, 0.3) is 5.91 Å². The zero-order valence-corrected chi connectivity index (χ0v) is 15.7. The van der Waals surface area contributed by atoms with E-state index in [1.807, 2.05) is 50.2 Å². The molecule has 0 aromatic heterocycles. The minimum atomic E-state index is -0.552. The van der Waals surface area contributed by atoms with Crippen molar-refractivity contribution < 1.29 is 14.3 Å². The molecule has 1 N–H and O–H groups in total. The lowest BCUT2D eigenvalue weighted by molar-refractivity contribution is -0.127. The number of ether oxygens (including phenoxy) is 2. The maximum Gasteiger partial charge on any atom is 0.260 e. The van der Waals surface area contributed by atoms with Crippen LogP contribution < -0.4 is 14.8 Å². The van der Waals surface area contributed by atoms with Crippen molar-refractivity contribution in [3.8, 4) is 11.5 Å². The summed E-state index contributed by atoms with van der Waals surface area (Å²) in [6, 6.07) is 11.8. The summed E-state index contributed by atoms with van der Waals surface area (Å²) in [7, 11) is 0. The summed E-state index contributed by atoms with van der Waals surface area (Å²) in [4.78, 5) is 12.1. The van der Waals surface area contributed by atoms with E-state index in [2.05, 4.69) is 19.2 Å². The Labute approximate surface area is 150 Å². The highest BCUT2D eigenvalue weighted by molar-refractivity contribution is 5.80. The average Bonchev–Trinajstić information content (AvgIpc) is 2.58. The van der Waals surface area contributed by atoms with Crippen LogP contribution in [0, 0.1) is 27.7 Å². The monoisotopic (exact) mass is 341 g/mol. The zero-order chi connectivity index (χ0) is 18.4. The number of hydrogen-bond donors (Lipinski definition) is 1. The molecule has 25 heavy (non-hydrogen) atoms. The normalized spacial score (nSPS) is 11.7. The molecule has 0 unspecified atom stereocenters. The number of carbonyl (C=O) groups excluding carboxylic acids is 1. The molecule has 0 saturated heterocycles. The minimum absolute atomic E-state index is 0.151. The third kappa shape index (κ3) is 5.52. The highest BCUT2D eigenvalue weighted by atomic mass is 16.5. The second-order valence-electron chi connectivity index (χ2n) is 6.39. The van der Waals surface area contributed by atoms with E-state index in [1.165, 1.54) is 16.7 Å². The lowest BCUT2D eigenvalue weighted by Gasteiger charge is -2.16. The van der Waals surface area contributed by atoms with E-state index in [-0.39, 0.29) is 5.91 Å². The molecule has 2 aromatic rings. The molecule has 0 aliphatic heterocycles. The molecule has 1 amide bonds. The van der Waals surface area contributed by atoms with Crippen molar-refractivity contribution in [1.29, 1.82) is 0 Å². The number of nitrogens with one attached hydrogen (secondary N) is 1. The van der Waals surface area contributed by atoms with Crippen LogP contribution in [0.1, 0.15) is 29.2 Å². The Bertz CT molecular complexity index is 740. The van der Waals surface area contributed by atoms with Gasteiger partial charge in [0.05, 0.1) is 6.54 Å². The smallest absolute Gasteiger partial charge is 0.260 e. The highest BCUT2D eigenvalue weighted by Crippen LogP contribution is 2.18. The predicted octanol–water partition coefficient (Wildman–Crippen LogP) is 3.88. The van der Waals surface area contributed by atoms with Crippen molar-refractivity contribution >= 4 is 5.91 Å². The predicted molar refractivity (Wildman–Crippen MR) is 100 cm³/mol. The van der Waals surface area contributed by atoms with Gasteiger partial charge in [0, 0.05) is 0 Å². The third-order valence-electron chi connectivity index (χ3n) is 4.31. The Balaban J connectivity index is 1.75. The first-order valence-electron chi connectivity index (χ1n) is 8.58. The van der Waals surface area contributed by atoms with Gasteiger partial charge in [-0.25, -0.2) is 0 Å². The summed E-state index contributed by atoms with van der Waals surface area (Å²) in [6.45, 7) is 10.8. The molecule has 1 atom stereocenters. The molecule has 4 heteroatoms. The van der Waals surface area contributed by atoms with Crippen LogP contribution in [-0.2, 0) is 4.79 Å². The highest BCUT2D eigenvalue weighted by Gasteiger charge is 2.14. The van der Waals surface area contributed by atoms with Crippen LogP contribution in [0.25, 0.3) is 0 Å². The molecule has 0 aliphatic rings. The number of carbonyl (C=O) groups is 1. The van der Waals surface area contributed by atoms with E-state index in [4.69, 9.17) is 9.47 Å². The van der Waals surface area contributed by atoms with Gasteiger partial charge in [-0.2, -0.15) is 0 Å². The Kier molecular flexibility index (Phi) is 6.45. The summed E-state index contributed by atoms with van der Waals surface area (Å²) < 4.78 is 11.4. The lowest BCUT2D eigenvalue weighted by Crippen LogP contribution is -2.38. The molecular formula is C21H27NO3. The van der Waals surface area contributed by atoms with Crippen LogP contribution in [0.5, 0.6) is 11.5 Å². The Hall–Kier alpha value is -2.49. The first kappa shape index (κ1) is 18.8. The van der Waals surface area contributed by atoms with Gasteiger partial charge in [0.1, 0.15) is 18.1 Å². The molecule has 0 saturated carbocycles. The second kappa shape index (κ2) is 8.56. The summed E-state index contributed by atoms with van der Waals surface area (Å²) in [5.74, 6) is 1.37. The molecule has 2 aromatic carbocycles. The molecule has 2 rings (SSSR count). The Morgan fingerprint density at radius 1 is 0.920 bits per heavy atom. The third-order valence-corrected chi connectivity index (χ3v) is 4.31. The Morgan fingerprint density at radius 3 is 2.08 bits per heavy atom. The van der Waals surface area contributed by atoms with Crippen molar-refractivity contribution in [2.24, 2.45) is 0 Å². The van der Waals surface area contributed by atoms with Crippen LogP contribution >= 0.6 is 0 Å². The maximum absolute atomic E-state index is 12.1. The van der Waals surface area contributed by atoms with Crippen LogP contribution in [0.2, 0.25) is 0 Å². The SMILES string of the molecule is Cc1ccc(OCCNC(=O)[C@H](C)Oc2ccc(C)c(C)c2)cc1C. The van der Waals surface area contributed by atoms with Crippen LogP contribution in [0.15, 0.2) is 36.4 Å². The first-order valence-corrected chi connectivity index (χ1v) is 8.58. The lowest BCUT2D eigenvalue weighted by atomic mass is 10.1. The second-order valence-corrected chi connectivity index (χ2v) is 6.39. The molecule has 0 aliphatic carbocycles. The van der Waals surface area contributed by atoms with Gasteiger partial charge in [0.2, 0.25) is 0 Å². The maximum atomic E-state index is 12.1. The van der Waals surface area contributed by atoms with E-state index in [9.17, 15) is 4.79 Å². The van der Waals surface area contributed by atoms with Gasteiger partial charge in [-0.1, -0.05) is 12.1 Å². The van der Waals surface area contributed by atoms with E-state index < -0.39 is 6.10 Å². The van der Waals surface area contributed by atoms with Crippen molar-refractivity contribution in [2.75, 3.05) is 13.2 Å². The van der Waals surface area contributed by atoms with Crippen LogP contribution in [0.3, 0.4) is 0 Å². The molecule has 0 heterocycles. The van der Waals surface area contributed by atoms with E-state index >= 15 is 0 Å². The largest absolute Gasteiger partial charge is 0.492 e. The van der Waals surface area contributed by atoms with Crippen molar-refractivity contribution in [2.45, 2.75) is 40.7 Å². The van der Waals surface area contributed by atoms with Gasteiger partial charge >= 0.3 is 0 Å². The first-order chi connectivity index (χ1) is 11.9. The van der Waals surface area contributed by atoms with Gasteiger partial charge in [-0.15, -0.1) is 0 Å². The van der Waals surface area contributed by atoms with Crippen molar-refractivity contribution in [3.05, 3.63) is 58.7 Å². The zero-order valence-electron chi connectivity index (χ0n) is 15.7. The molecule has 0 radical (unpaired) electrons. The quantitative estimate of drug-likeness (QED) is 0.778. The van der Waals surface area contributed by atoms with Gasteiger partial charge < -0.3 is 14.8 Å². The van der Waals surface area contributed by atoms with Crippen molar-refractivity contribution in [1.82, 2.24) is 5.32 Å². The van der Waals surface area contributed by atoms with E-state index in [0.717, 1.165) is 11.3 Å². The van der Waals surface area contributed by atoms with E-state index in [1.54, 1.807) is 6.92 Å². The minimum Gasteiger partial charge on any atom is -0.492 e. The molecule has 4 nitrogen and oxygen atoms in total. The van der Waals surface area contributed by atoms with Crippen LogP contribution in [0.4, 0.5) is 0 Å². The van der Waals surface area contributed by atoms with Gasteiger partial charge in [0.15, 0.2) is 6.10 Å². The number of rotatable bonds is 7. The number of amides is 1. The summed E-state index contributed by atoms with van der Waals surface area (Å²) in [5.41, 5.74) is 4.77. The summed E-state index contributed by atoms with van der Waals surface area (Å²) in [6.07, 6.45) is -0.552. The fourth-order valence-electron chi connectivity index (χ4n) is 2.34. The number of hydrogen-bond acceptors (Lipinski definition) is 3. The Morgan fingerprint density at radius 2 is 1.48 bits per heavy atom. The molecule has 0 bridgehead atoms. The number of benzene rings is 2. The molecule has 0 spiro atoms. The standard InChI is InChI=1S/C21H27NO3/c1-14-6-8-19(12-16(14)3)24-11-10-22-21(23)18(5)25-20-9-7-15(2)17(4)13-20/h6-9,12-13,18H,10-11H2,1-5H3,(H,22,23)/t18-/m0/s1.